The Balaban J connectivity index is 1.70. The van der Waals surface area contributed by atoms with E-state index in [0.717, 1.165) is 68.5 Å². The van der Waals surface area contributed by atoms with Crippen molar-refractivity contribution in [2.24, 2.45) is 17.6 Å². The third-order valence-electron chi connectivity index (χ3n) is 14.5. The van der Waals surface area contributed by atoms with Crippen LogP contribution in [0.5, 0.6) is 5.75 Å². The van der Waals surface area contributed by atoms with E-state index in [0.29, 0.717) is 29.6 Å². The minimum atomic E-state index is -2.42. The van der Waals surface area contributed by atoms with E-state index >= 15 is 0 Å². The van der Waals surface area contributed by atoms with E-state index in [-0.39, 0.29) is 24.1 Å². The first kappa shape index (κ1) is 62.8. The Morgan fingerprint density at radius 1 is 0.750 bits per heavy atom. The summed E-state index contributed by atoms with van der Waals surface area (Å²) in [6.07, 6.45) is -10.5. The highest BCUT2D eigenvalue weighted by Gasteiger charge is 2.49. The SMILES string of the molecule is CCC(C)CC(C)CCCCCCCCC(=O)NC1CC(O)C(O)NC(=O)C2C(O)CCN2C(=O)C(C(O)CC(N)=O)NC(=O)C(C(O)C(O)c2ccc(O)c(N)c2)NC(=O)C2CC(O)CN2C(=O)C(C(C)O)NC1=O. The molecule has 16 unspecified atom stereocenters. The lowest BCUT2D eigenvalue weighted by atomic mass is 9.91. The third-order valence-corrected chi connectivity index (χ3v) is 14.5. The van der Waals surface area contributed by atoms with Gasteiger partial charge in [-0.05, 0) is 55.7 Å². The molecule has 18 N–H and O–H groups in total. The van der Waals surface area contributed by atoms with Gasteiger partial charge >= 0.3 is 0 Å². The average Bonchev–Trinajstić information content (AvgIpc) is 3.95. The maximum Gasteiger partial charge on any atom is 0.248 e. The van der Waals surface area contributed by atoms with Gasteiger partial charge in [0.1, 0.15) is 60.3 Å². The summed E-state index contributed by atoms with van der Waals surface area (Å²) >= 11 is 0. The summed E-state index contributed by atoms with van der Waals surface area (Å²) in [6, 6.07) is -8.91. The molecular weight excluding hydrogens is 999 g/mol. The Bertz CT molecular complexity index is 2170. The predicted octanol–water partition coefficient (Wildman–Crippen LogP) is -3.76. The van der Waals surface area contributed by atoms with Gasteiger partial charge in [-0.2, -0.15) is 0 Å². The number of amides is 8. The predicted molar refractivity (Wildman–Crippen MR) is 270 cm³/mol. The van der Waals surface area contributed by atoms with E-state index in [1.54, 1.807) is 0 Å². The van der Waals surface area contributed by atoms with Crippen LogP contribution in [-0.2, 0) is 38.4 Å². The summed E-state index contributed by atoms with van der Waals surface area (Å²) in [7, 11) is 0. The first-order valence-corrected chi connectivity index (χ1v) is 26.2. The molecular formula is C50H81N9O17. The second-order valence-corrected chi connectivity index (χ2v) is 20.8. The highest BCUT2D eigenvalue weighted by atomic mass is 16.3. The molecule has 1 aromatic carbocycles. The number of hydrogen-bond donors (Lipinski definition) is 16. The standard InChI is InChI=1S/C50H81N9O17/c1-5-24(2)18-25(3)12-10-8-6-7-9-11-13-37(67)53-30-21-35(65)46(72)57-48(74)41-33(63)16-17-58(41)50(76)39(34(64)22-36(52)66)55-47(73)40(43(69)42(68)27-14-15-32(62)29(51)19-27)56-45(71)31-20-28(61)23-59(31)49(75)38(26(4)60)54-44(30)70/h14-15,19,24-26,28,30-31,33-35,38-43,46,60-65,68-69,72H,5-13,16-18,20-23,51H2,1-4H3,(H2,52,66)(H,53,67)(H,54,70)(H,55,73)(H,56,71)(H,57,74). The molecule has 0 aromatic heterocycles. The van der Waals surface area contributed by atoms with Crippen LogP contribution in [0.1, 0.15) is 129 Å². The van der Waals surface area contributed by atoms with Crippen molar-refractivity contribution in [2.45, 2.75) is 203 Å². The lowest BCUT2D eigenvalue weighted by molar-refractivity contribution is -0.149. The van der Waals surface area contributed by atoms with Crippen LogP contribution in [0.15, 0.2) is 18.2 Å². The van der Waals surface area contributed by atoms with E-state index in [1.807, 2.05) is 5.32 Å². The second-order valence-electron chi connectivity index (χ2n) is 20.8. The van der Waals surface area contributed by atoms with Gasteiger partial charge in [-0.1, -0.05) is 71.8 Å². The summed E-state index contributed by atoms with van der Waals surface area (Å²) in [6.45, 7) is 6.72. The van der Waals surface area contributed by atoms with Crippen LogP contribution in [0.3, 0.4) is 0 Å². The fourth-order valence-electron chi connectivity index (χ4n) is 9.88. The zero-order valence-corrected chi connectivity index (χ0v) is 43.6. The number of primary amides is 1. The fraction of sp³-hybridized carbons (Fsp3) is 0.720. The van der Waals surface area contributed by atoms with Gasteiger partial charge in [0.15, 0.2) is 6.23 Å². The normalized spacial score (nSPS) is 28.8. The number of aromatic hydroxyl groups is 1. The maximum atomic E-state index is 14.4. The summed E-state index contributed by atoms with van der Waals surface area (Å²) in [5, 5.41) is 111. The van der Waals surface area contributed by atoms with E-state index in [9.17, 15) is 84.3 Å². The minimum absolute atomic E-state index is 0.0854. The van der Waals surface area contributed by atoms with E-state index < -0.39 is 171 Å². The number of nitrogens with zero attached hydrogens (tertiary/aromatic N) is 2. The number of carbonyl (C=O) groups excluding carboxylic acids is 8. The molecule has 3 heterocycles. The van der Waals surface area contributed by atoms with Crippen molar-refractivity contribution in [2.75, 3.05) is 18.8 Å². The van der Waals surface area contributed by atoms with Crippen LogP contribution < -0.4 is 38.1 Å². The second kappa shape index (κ2) is 29.1. The molecule has 16 atom stereocenters. The van der Waals surface area contributed by atoms with Crippen LogP contribution in [0.4, 0.5) is 5.69 Å². The van der Waals surface area contributed by atoms with Gasteiger partial charge in [0.2, 0.25) is 47.3 Å². The molecule has 4 rings (SSSR count). The topological polar surface area (TPSA) is 437 Å². The summed E-state index contributed by atoms with van der Waals surface area (Å²) in [5.74, 6) is -8.89. The van der Waals surface area contributed by atoms with Crippen molar-refractivity contribution in [3.63, 3.8) is 0 Å². The van der Waals surface area contributed by atoms with Crippen molar-refractivity contribution < 1.29 is 84.3 Å². The number of aliphatic hydroxyl groups is 8. The molecule has 26 nitrogen and oxygen atoms in total. The highest BCUT2D eigenvalue weighted by Crippen LogP contribution is 2.29. The van der Waals surface area contributed by atoms with Crippen molar-refractivity contribution in [3.05, 3.63) is 23.8 Å². The smallest absolute Gasteiger partial charge is 0.248 e. The summed E-state index contributed by atoms with van der Waals surface area (Å²) in [4.78, 5) is 112. The van der Waals surface area contributed by atoms with Gasteiger partial charge in [-0.25, -0.2) is 0 Å². The Morgan fingerprint density at radius 3 is 2.00 bits per heavy atom. The molecule has 76 heavy (non-hydrogen) atoms. The molecule has 0 aliphatic carbocycles. The van der Waals surface area contributed by atoms with Gasteiger partial charge in [0, 0.05) is 32.4 Å². The van der Waals surface area contributed by atoms with Gasteiger partial charge in [0.05, 0.1) is 36.5 Å². The molecule has 8 amide bonds. The monoisotopic (exact) mass is 1080 g/mol. The van der Waals surface area contributed by atoms with Gasteiger partial charge in [-0.15, -0.1) is 0 Å². The number of nitrogens with two attached hydrogens (primary N) is 2. The lowest BCUT2D eigenvalue weighted by Gasteiger charge is -2.34. The molecule has 3 aliphatic rings. The lowest BCUT2D eigenvalue weighted by Crippen LogP contribution is -2.64. The number of hydrogen-bond acceptors (Lipinski definition) is 18. The van der Waals surface area contributed by atoms with Crippen molar-refractivity contribution in [3.8, 4) is 5.75 Å². The number of unbranched alkanes of at least 4 members (excludes halogenated alkanes) is 5. The van der Waals surface area contributed by atoms with Gasteiger partial charge in [0.25, 0.3) is 0 Å². The first-order chi connectivity index (χ1) is 35.7. The molecule has 1 aromatic rings. The molecule has 3 fully saturated rings. The highest BCUT2D eigenvalue weighted by molar-refractivity contribution is 5.98. The Labute approximate surface area is 441 Å². The van der Waals surface area contributed by atoms with Gasteiger partial charge < -0.3 is 93.8 Å². The van der Waals surface area contributed by atoms with Crippen molar-refractivity contribution in [1.82, 2.24) is 36.4 Å². The molecule has 0 saturated carbocycles. The molecule has 428 valence electrons. The van der Waals surface area contributed by atoms with E-state index in [1.165, 1.54) is 6.42 Å². The molecule has 26 heteroatoms. The maximum absolute atomic E-state index is 14.4. The zero-order chi connectivity index (χ0) is 56.7. The Morgan fingerprint density at radius 2 is 1.37 bits per heavy atom. The number of nitrogen functional groups attached to an aromatic ring is 1. The zero-order valence-electron chi connectivity index (χ0n) is 43.6. The number of fused-ring (bicyclic) bond motifs is 2. The first-order valence-electron chi connectivity index (χ1n) is 26.2. The minimum Gasteiger partial charge on any atom is -0.506 e. The van der Waals surface area contributed by atoms with Gasteiger partial charge in [-0.3, -0.25) is 38.4 Å². The quantitative estimate of drug-likeness (QED) is 0.0339. The van der Waals surface area contributed by atoms with E-state index in [2.05, 4.69) is 42.0 Å². The number of carbonyl (C=O) groups is 8. The Hall–Kier alpha value is -5.74. The number of anilines is 1. The van der Waals surface area contributed by atoms with Crippen LogP contribution in [0.25, 0.3) is 0 Å². The largest absolute Gasteiger partial charge is 0.506 e. The Kier molecular flexibility index (Phi) is 24.1. The van der Waals surface area contributed by atoms with Crippen LogP contribution in [-0.4, -0.2) is 195 Å². The van der Waals surface area contributed by atoms with Crippen molar-refractivity contribution >= 4 is 52.9 Å². The number of aliphatic hydroxyl groups excluding tert-OH is 8. The molecule has 0 spiro atoms. The molecule has 0 radical (unpaired) electrons. The third kappa shape index (κ3) is 17.4. The summed E-state index contributed by atoms with van der Waals surface area (Å²) in [5.41, 5.74) is 10.6. The molecule has 0 bridgehead atoms. The average molecular weight is 1080 g/mol. The number of nitrogens with one attached hydrogen (secondary N) is 5. The number of rotatable bonds is 20. The summed E-state index contributed by atoms with van der Waals surface area (Å²) < 4.78 is 0. The number of phenols is 1. The van der Waals surface area contributed by atoms with Crippen LogP contribution in [0.2, 0.25) is 0 Å². The van der Waals surface area contributed by atoms with Crippen LogP contribution in [0, 0.1) is 11.8 Å². The van der Waals surface area contributed by atoms with Crippen molar-refractivity contribution in [1.29, 1.82) is 0 Å². The fourth-order valence-corrected chi connectivity index (χ4v) is 9.88. The van der Waals surface area contributed by atoms with E-state index in [4.69, 9.17) is 11.5 Å². The number of benzene rings is 1. The molecule has 3 saturated heterocycles. The number of phenolic OH excluding ortho intramolecular Hbond substituents is 1. The van der Waals surface area contributed by atoms with Crippen LogP contribution >= 0.6 is 0 Å². The molecule has 3 aliphatic heterocycles.